The molecule has 2 amide bonds. The van der Waals surface area contributed by atoms with E-state index in [1.165, 1.54) is 0 Å². The van der Waals surface area contributed by atoms with Crippen molar-refractivity contribution in [2.24, 2.45) is 0 Å². The van der Waals surface area contributed by atoms with E-state index in [4.69, 9.17) is 9.47 Å². The van der Waals surface area contributed by atoms with Crippen molar-refractivity contribution in [1.82, 2.24) is 10.2 Å². The number of rotatable bonds is 9. The SMILES string of the molecule is COc1ccc(OC)c([C@H](C)NC(=O)CN(C)CC(=O)Nc2c(C)cccc2C)c1. The Morgan fingerprint density at radius 3 is 2.23 bits per heavy atom. The van der Waals surface area contributed by atoms with E-state index in [9.17, 15) is 9.59 Å². The molecule has 0 aromatic heterocycles. The summed E-state index contributed by atoms with van der Waals surface area (Å²) in [6.45, 7) is 5.99. The van der Waals surface area contributed by atoms with Crippen molar-refractivity contribution >= 4 is 17.5 Å². The van der Waals surface area contributed by atoms with Crippen molar-refractivity contribution in [3.8, 4) is 11.5 Å². The van der Waals surface area contributed by atoms with Gasteiger partial charge in [0, 0.05) is 11.3 Å². The van der Waals surface area contributed by atoms with Gasteiger partial charge in [-0.2, -0.15) is 0 Å². The van der Waals surface area contributed by atoms with Crippen LogP contribution in [0.4, 0.5) is 5.69 Å². The van der Waals surface area contributed by atoms with Gasteiger partial charge in [-0.15, -0.1) is 0 Å². The Balaban J connectivity index is 1.92. The zero-order valence-electron chi connectivity index (χ0n) is 18.5. The number of carbonyl (C=O) groups excluding carboxylic acids is 2. The molecular weight excluding hydrogens is 382 g/mol. The Hall–Kier alpha value is -3.06. The lowest BCUT2D eigenvalue weighted by Gasteiger charge is -2.21. The molecule has 0 aliphatic rings. The average Bonchev–Trinajstić information content (AvgIpc) is 2.69. The molecule has 162 valence electrons. The lowest BCUT2D eigenvalue weighted by atomic mass is 10.1. The molecule has 2 aromatic rings. The monoisotopic (exact) mass is 413 g/mol. The van der Waals surface area contributed by atoms with Gasteiger partial charge in [-0.05, 0) is 57.1 Å². The van der Waals surface area contributed by atoms with Crippen LogP contribution in [0.15, 0.2) is 36.4 Å². The number of anilines is 1. The van der Waals surface area contributed by atoms with Crippen LogP contribution in [0.2, 0.25) is 0 Å². The predicted molar refractivity (Wildman–Crippen MR) is 118 cm³/mol. The normalized spacial score (nSPS) is 11.7. The number of aryl methyl sites for hydroxylation is 2. The molecule has 2 rings (SSSR count). The van der Waals surface area contributed by atoms with Crippen molar-refractivity contribution in [2.75, 3.05) is 39.7 Å². The van der Waals surface area contributed by atoms with Gasteiger partial charge in [-0.25, -0.2) is 0 Å². The first-order valence-electron chi connectivity index (χ1n) is 9.81. The molecule has 0 heterocycles. The van der Waals surface area contributed by atoms with Gasteiger partial charge in [0.2, 0.25) is 11.8 Å². The fourth-order valence-electron chi connectivity index (χ4n) is 3.28. The third-order valence-electron chi connectivity index (χ3n) is 4.85. The first-order chi connectivity index (χ1) is 14.2. The third-order valence-corrected chi connectivity index (χ3v) is 4.85. The number of amides is 2. The summed E-state index contributed by atoms with van der Waals surface area (Å²) in [5.41, 5.74) is 3.65. The highest BCUT2D eigenvalue weighted by molar-refractivity contribution is 5.94. The summed E-state index contributed by atoms with van der Waals surface area (Å²) in [7, 11) is 4.91. The van der Waals surface area contributed by atoms with E-state index >= 15 is 0 Å². The summed E-state index contributed by atoms with van der Waals surface area (Å²) < 4.78 is 10.6. The lowest BCUT2D eigenvalue weighted by molar-refractivity contribution is -0.123. The number of nitrogens with zero attached hydrogens (tertiary/aromatic N) is 1. The van der Waals surface area contributed by atoms with E-state index in [0.29, 0.717) is 11.5 Å². The van der Waals surface area contributed by atoms with E-state index in [1.807, 2.05) is 45.0 Å². The Bertz CT molecular complexity index is 878. The van der Waals surface area contributed by atoms with E-state index in [-0.39, 0.29) is 30.9 Å². The standard InChI is InChI=1S/C23H31N3O4/c1-15-8-7-9-16(2)23(15)25-22(28)14-26(4)13-21(27)24-17(3)19-12-18(29-5)10-11-20(19)30-6/h7-12,17H,13-14H2,1-6H3,(H,24,27)(H,25,28)/t17-/m0/s1. The molecule has 0 radical (unpaired) electrons. The molecule has 2 aromatic carbocycles. The summed E-state index contributed by atoms with van der Waals surface area (Å²) in [5, 5.41) is 5.88. The van der Waals surface area contributed by atoms with E-state index < -0.39 is 0 Å². The number of benzene rings is 2. The second kappa shape index (κ2) is 10.6. The highest BCUT2D eigenvalue weighted by Gasteiger charge is 2.17. The van der Waals surface area contributed by atoms with Crippen molar-refractivity contribution in [2.45, 2.75) is 26.8 Å². The van der Waals surface area contributed by atoms with Crippen LogP contribution < -0.4 is 20.1 Å². The van der Waals surface area contributed by atoms with Crippen LogP contribution >= 0.6 is 0 Å². The topological polar surface area (TPSA) is 79.9 Å². The molecule has 0 fully saturated rings. The molecule has 1 atom stereocenters. The maximum Gasteiger partial charge on any atom is 0.238 e. The van der Waals surface area contributed by atoms with E-state index in [1.54, 1.807) is 38.3 Å². The zero-order chi connectivity index (χ0) is 22.3. The predicted octanol–water partition coefficient (Wildman–Crippen LogP) is 3.07. The smallest absolute Gasteiger partial charge is 0.238 e. The fraction of sp³-hybridized carbons (Fsp3) is 0.391. The number of methoxy groups -OCH3 is 2. The minimum atomic E-state index is -0.278. The molecule has 0 saturated heterocycles. The Morgan fingerprint density at radius 2 is 1.63 bits per heavy atom. The summed E-state index contributed by atoms with van der Waals surface area (Å²) in [5.74, 6) is 1.01. The molecule has 7 heteroatoms. The number of likely N-dealkylation sites (N-methyl/N-ethyl adjacent to an activating group) is 1. The second-order valence-corrected chi connectivity index (χ2v) is 7.38. The Morgan fingerprint density at radius 1 is 1.00 bits per heavy atom. The first kappa shape index (κ1) is 23.2. The molecule has 0 aliphatic carbocycles. The van der Waals surface area contributed by atoms with Crippen LogP contribution in [0.5, 0.6) is 11.5 Å². The first-order valence-corrected chi connectivity index (χ1v) is 9.81. The molecule has 2 N–H and O–H groups in total. The lowest BCUT2D eigenvalue weighted by Crippen LogP contribution is -2.39. The van der Waals surface area contributed by atoms with Crippen LogP contribution in [-0.2, 0) is 9.59 Å². The van der Waals surface area contributed by atoms with E-state index in [2.05, 4.69) is 10.6 Å². The van der Waals surface area contributed by atoms with Gasteiger partial charge in [0.1, 0.15) is 11.5 Å². The van der Waals surface area contributed by atoms with Gasteiger partial charge in [0.05, 0.1) is 33.4 Å². The average molecular weight is 414 g/mol. The fourth-order valence-corrected chi connectivity index (χ4v) is 3.28. The van der Waals surface area contributed by atoms with Crippen molar-refractivity contribution in [3.63, 3.8) is 0 Å². The van der Waals surface area contributed by atoms with Crippen molar-refractivity contribution in [3.05, 3.63) is 53.1 Å². The van der Waals surface area contributed by atoms with Crippen LogP contribution in [0.1, 0.15) is 29.7 Å². The highest BCUT2D eigenvalue weighted by atomic mass is 16.5. The molecule has 0 bridgehead atoms. The molecular formula is C23H31N3O4. The summed E-state index contributed by atoms with van der Waals surface area (Å²) in [4.78, 5) is 26.5. The van der Waals surface area contributed by atoms with E-state index in [0.717, 1.165) is 22.4 Å². The summed E-state index contributed by atoms with van der Waals surface area (Å²) >= 11 is 0. The highest BCUT2D eigenvalue weighted by Crippen LogP contribution is 2.29. The molecule has 0 spiro atoms. The maximum atomic E-state index is 12.5. The summed E-state index contributed by atoms with van der Waals surface area (Å²) in [6, 6.07) is 11.0. The van der Waals surface area contributed by atoms with Crippen LogP contribution in [0.25, 0.3) is 0 Å². The number of para-hydroxylation sites is 1. The van der Waals surface area contributed by atoms with Crippen molar-refractivity contribution < 1.29 is 19.1 Å². The zero-order valence-corrected chi connectivity index (χ0v) is 18.5. The minimum Gasteiger partial charge on any atom is -0.497 e. The maximum absolute atomic E-state index is 12.5. The quantitative estimate of drug-likeness (QED) is 0.660. The molecule has 0 saturated carbocycles. The van der Waals surface area contributed by atoms with Gasteiger partial charge < -0.3 is 20.1 Å². The molecule has 0 aliphatic heterocycles. The Kier molecular flexibility index (Phi) is 8.24. The van der Waals surface area contributed by atoms with Gasteiger partial charge in [-0.1, -0.05) is 18.2 Å². The minimum absolute atomic E-state index is 0.0940. The Labute approximate surface area is 178 Å². The van der Waals surface area contributed by atoms with Gasteiger partial charge in [-0.3, -0.25) is 14.5 Å². The second-order valence-electron chi connectivity index (χ2n) is 7.38. The molecule has 30 heavy (non-hydrogen) atoms. The number of ether oxygens (including phenoxy) is 2. The number of hydrogen-bond acceptors (Lipinski definition) is 5. The molecule has 0 unspecified atom stereocenters. The molecule has 7 nitrogen and oxygen atoms in total. The number of carbonyl (C=O) groups is 2. The number of hydrogen-bond donors (Lipinski definition) is 2. The third kappa shape index (κ3) is 6.22. The number of nitrogens with one attached hydrogen (secondary N) is 2. The van der Waals surface area contributed by atoms with Gasteiger partial charge in [0.15, 0.2) is 0 Å². The van der Waals surface area contributed by atoms with Gasteiger partial charge in [0.25, 0.3) is 0 Å². The van der Waals surface area contributed by atoms with Crippen LogP contribution in [0, 0.1) is 13.8 Å². The van der Waals surface area contributed by atoms with Crippen molar-refractivity contribution in [1.29, 1.82) is 0 Å². The summed E-state index contributed by atoms with van der Waals surface area (Å²) in [6.07, 6.45) is 0. The van der Waals surface area contributed by atoms with Crippen LogP contribution in [0.3, 0.4) is 0 Å². The van der Waals surface area contributed by atoms with Gasteiger partial charge >= 0.3 is 0 Å². The largest absolute Gasteiger partial charge is 0.497 e. The van der Waals surface area contributed by atoms with Crippen LogP contribution in [-0.4, -0.2) is 51.1 Å².